The van der Waals surface area contributed by atoms with Crippen LogP contribution in [0.4, 0.5) is 0 Å². The fourth-order valence-corrected chi connectivity index (χ4v) is 4.20. The van der Waals surface area contributed by atoms with Gasteiger partial charge in [0.05, 0.1) is 18.0 Å². The molecule has 1 amide bonds. The lowest BCUT2D eigenvalue weighted by molar-refractivity contribution is -0.122. The van der Waals surface area contributed by atoms with Gasteiger partial charge in [0.15, 0.2) is 8.93 Å². The van der Waals surface area contributed by atoms with E-state index < -0.39 is 0 Å². The molecule has 0 aliphatic carbocycles. The van der Waals surface area contributed by atoms with Crippen molar-refractivity contribution in [2.75, 3.05) is 0 Å². The molecule has 1 aliphatic heterocycles. The molecule has 2 aromatic carbocycles. The normalized spacial score (nSPS) is 17.0. The van der Waals surface area contributed by atoms with E-state index in [9.17, 15) is 4.79 Å². The van der Waals surface area contributed by atoms with Crippen LogP contribution in [-0.4, -0.2) is 16.0 Å². The van der Waals surface area contributed by atoms with Gasteiger partial charge in [-0.3, -0.25) is 14.7 Å². The van der Waals surface area contributed by atoms with E-state index in [-0.39, 0.29) is 5.91 Å². The Morgan fingerprint density at radius 3 is 2.29 bits per heavy atom. The van der Waals surface area contributed by atoms with Crippen molar-refractivity contribution < 1.29 is 9.21 Å². The van der Waals surface area contributed by atoms with E-state index in [1.807, 2.05) is 72.8 Å². The van der Waals surface area contributed by atoms with Crippen LogP contribution in [0.15, 0.2) is 87.1 Å². The third kappa shape index (κ3) is 4.56. The number of carbonyl (C=O) groups excluding carboxylic acids is 1. The largest absolute Gasteiger partial charge is 0.451 e. The Morgan fingerprint density at radius 2 is 1.64 bits per heavy atom. The summed E-state index contributed by atoms with van der Waals surface area (Å²) in [5.41, 5.74) is 2.18. The van der Waals surface area contributed by atoms with Gasteiger partial charge in [0.1, 0.15) is 5.76 Å². The van der Waals surface area contributed by atoms with Gasteiger partial charge in [-0.15, -0.1) is 0 Å². The Morgan fingerprint density at radius 1 is 0.964 bits per heavy atom. The van der Waals surface area contributed by atoms with Crippen molar-refractivity contribution in [3.63, 3.8) is 0 Å². The van der Waals surface area contributed by atoms with Crippen LogP contribution in [0, 0.1) is 3.77 Å². The van der Waals surface area contributed by atoms with Crippen molar-refractivity contribution in [3.8, 4) is 0 Å². The molecule has 0 bridgehead atoms. The van der Waals surface area contributed by atoms with Crippen LogP contribution in [0.3, 0.4) is 0 Å². The van der Waals surface area contributed by atoms with Gasteiger partial charge in [0.25, 0.3) is 5.91 Å². The maximum Gasteiger partial charge on any atom is 0.267 e. The molecular weight excluding hydrogens is 483 g/mol. The highest BCUT2D eigenvalue weighted by atomic mass is 127. The topological polar surface area (TPSA) is 45.8 Å². The summed E-state index contributed by atoms with van der Waals surface area (Å²) in [5, 5.41) is 0.713. The minimum atomic E-state index is -0.0490. The van der Waals surface area contributed by atoms with Crippen LogP contribution in [0.2, 0.25) is 0 Å². The maximum atomic E-state index is 13.1. The second kappa shape index (κ2) is 8.79. The van der Waals surface area contributed by atoms with Crippen LogP contribution in [0.25, 0.3) is 6.08 Å². The van der Waals surface area contributed by atoms with Crippen molar-refractivity contribution in [1.29, 1.82) is 0 Å². The monoisotopic (exact) mass is 500 g/mol. The molecule has 0 spiro atoms. The number of amides is 1. The number of thioether (sulfide) groups is 1. The van der Waals surface area contributed by atoms with Crippen molar-refractivity contribution in [3.05, 3.63) is 98.4 Å². The molecule has 140 valence electrons. The lowest BCUT2D eigenvalue weighted by Crippen LogP contribution is -2.28. The van der Waals surface area contributed by atoms with Gasteiger partial charge in [0, 0.05) is 6.08 Å². The molecule has 6 heteroatoms. The van der Waals surface area contributed by atoms with Crippen molar-refractivity contribution >= 4 is 51.5 Å². The number of carbonyl (C=O) groups is 1. The molecule has 0 unspecified atom stereocenters. The smallest absolute Gasteiger partial charge is 0.267 e. The molecule has 0 N–H and O–H groups in total. The molecule has 0 saturated carbocycles. The zero-order chi connectivity index (χ0) is 19.3. The van der Waals surface area contributed by atoms with Gasteiger partial charge in [-0.1, -0.05) is 60.7 Å². The zero-order valence-corrected chi connectivity index (χ0v) is 17.9. The highest BCUT2D eigenvalue weighted by Gasteiger charge is 2.33. The number of nitrogens with zero attached hydrogens (tertiary/aromatic N) is 2. The van der Waals surface area contributed by atoms with E-state index >= 15 is 0 Å². The Kier molecular flexibility index (Phi) is 5.97. The average molecular weight is 500 g/mol. The molecule has 1 aliphatic rings. The Balaban J connectivity index is 1.62. The SMILES string of the molecule is O=C1/C(=C/c2ccc(I)o2)SC(=NCc2ccccc2)N1Cc1ccccc1. The van der Waals surface area contributed by atoms with E-state index in [4.69, 9.17) is 9.41 Å². The molecule has 2 heterocycles. The van der Waals surface area contributed by atoms with Gasteiger partial charge in [-0.25, -0.2) is 0 Å². The molecule has 0 radical (unpaired) electrons. The van der Waals surface area contributed by atoms with E-state index in [1.165, 1.54) is 11.8 Å². The van der Waals surface area contributed by atoms with Crippen LogP contribution < -0.4 is 0 Å². The van der Waals surface area contributed by atoms with Gasteiger partial charge < -0.3 is 4.42 Å². The number of halogens is 1. The van der Waals surface area contributed by atoms with Gasteiger partial charge in [-0.05, 0) is 57.6 Å². The summed E-state index contributed by atoms with van der Waals surface area (Å²) in [4.78, 5) is 20.1. The zero-order valence-electron chi connectivity index (χ0n) is 14.9. The summed E-state index contributed by atoms with van der Waals surface area (Å²) in [6.45, 7) is 1.03. The molecule has 1 saturated heterocycles. The van der Waals surface area contributed by atoms with E-state index in [1.54, 1.807) is 11.0 Å². The number of hydrogen-bond donors (Lipinski definition) is 0. The summed E-state index contributed by atoms with van der Waals surface area (Å²) in [6.07, 6.45) is 1.79. The second-order valence-corrected chi connectivity index (χ2v) is 8.29. The van der Waals surface area contributed by atoms with E-state index in [0.29, 0.717) is 28.9 Å². The number of amidine groups is 1. The summed E-state index contributed by atoms with van der Waals surface area (Å²) < 4.78 is 6.39. The lowest BCUT2D eigenvalue weighted by Gasteiger charge is -2.15. The minimum absolute atomic E-state index is 0.0490. The average Bonchev–Trinajstić information content (AvgIpc) is 3.26. The van der Waals surface area contributed by atoms with Gasteiger partial charge in [0.2, 0.25) is 0 Å². The maximum absolute atomic E-state index is 13.1. The number of aliphatic imine (C=N–C) groups is 1. The van der Waals surface area contributed by atoms with Crippen LogP contribution in [-0.2, 0) is 17.9 Å². The van der Waals surface area contributed by atoms with Gasteiger partial charge in [-0.2, -0.15) is 0 Å². The van der Waals surface area contributed by atoms with Crippen LogP contribution >= 0.6 is 34.4 Å². The first kappa shape index (κ1) is 19.0. The highest BCUT2D eigenvalue weighted by molar-refractivity contribution is 14.1. The Hall–Kier alpha value is -2.32. The van der Waals surface area contributed by atoms with Gasteiger partial charge >= 0.3 is 0 Å². The quantitative estimate of drug-likeness (QED) is 0.341. The van der Waals surface area contributed by atoms with Crippen LogP contribution in [0.1, 0.15) is 16.9 Å². The molecule has 3 aromatic rings. The van der Waals surface area contributed by atoms with Crippen molar-refractivity contribution in [1.82, 2.24) is 4.90 Å². The first-order valence-electron chi connectivity index (χ1n) is 8.78. The summed E-state index contributed by atoms with van der Waals surface area (Å²) in [7, 11) is 0. The number of rotatable bonds is 5. The first-order chi connectivity index (χ1) is 13.7. The standard InChI is InChI=1S/C22H17IN2O2S/c23-20-12-11-18(27-20)13-19-21(26)25(15-17-9-5-2-6-10-17)22(28-19)24-14-16-7-3-1-4-8-16/h1-13H,14-15H2/b19-13-,24-22?. The van der Waals surface area contributed by atoms with E-state index in [0.717, 1.165) is 14.9 Å². The molecule has 1 fully saturated rings. The molecule has 28 heavy (non-hydrogen) atoms. The lowest BCUT2D eigenvalue weighted by atomic mass is 10.2. The number of furan rings is 1. The van der Waals surface area contributed by atoms with E-state index in [2.05, 4.69) is 22.6 Å². The summed E-state index contributed by atoms with van der Waals surface area (Å²) >= 11 is 3.51. The predicted molar refractivity (Wildman–Crippen MR) is 122 cm³/mol. The second-order valence-electron chi connectivity index (χ2n) is 6.21. The Labute approximate surface area is 181 Å². The third-order valence-corrected chi connectivity index (χ3v) is 5.80. The van der Waals surface area contributed by atoms with Crippen molar-refractivity contribution in [2.24, 2.45) is 4.99 Å². The summed E-state index contributed by atoms with van der Waals surface area (Å²) in [6, 6.07) is 23.7. The Bertz CT molecular complexity index is 1030. The third-order valence-electron chi connectivity index (χ3n) is 4.18. The van der Waals surface area contributed by atoms with Crippen LogP contribution in [0.5, 0.6) is 0 Å². The fraction of sp³-hybridized carbons (Fsp3) is 0.0909. The minimum Gasteiger partial charge on any atom is -0.451 e. The number of benzene rings is 2. The predicted octanol–water partition coefficient (Wildman–Crippen LogP) is 5.56. The first-order valence-corrected chi connectivity index (χ1v) is 10.7. The molecule has 0 atom stereocenters. The molecule has 4 rings (SSSR count). The number of hydrogen-bond acceptors (Lipinski definition) is 4. The fourth-order valence-electron chi connectivity index (χ4n) is 2.81. The summed E-state index contributed by atoms with van der Waals surface area (Å²) in [5.74, 6) is 0.622. The van der Waals surface area contributed by atoms with Crippen molar-refractivity contribution in [2.45, 2.75) is 13.1 Å². The molecular formula is C22H17IN2O2S. The molecule has 4 nitrogen and oxygen atoms in total. The highest BCUT2D eigenvalue weighted by Crippen LogP contribution is 2.34. The molecule has 1 aromatic heterocycles.